The Labute approximate surface area is 114 Å². The van der Waals surface area contributed by atoms with Crippen LogP contribution in [0, 0.1) is 0 Å². The molecular formula is C14H22N2O3. The number of carbonyl (C=O) groups is 1. The summed E-state index contributed by atoms with van der Waals surface area (Å²) in [5.74, 6) is -0.0908. The van der Waals surface area contributed by atoms with E-state index < -0.39 is 12.0 Å². The van der Waals surface area contributed by atoms with Gasteiger partial charge in [-0.1, -0.05) is 19.1 Å². The van der Waals surface area contributed by atoms with Crippen LogP contribution in [0.2, 0.25) is 0 Å². The van der Waals surface area contributed by atoms with Crippen molar-refractivity contribution >= 4 is 5.97 Å². The first kappa shape index (κ1) is 15.5. The van der Waals surface area contributed by atoms with Gasteiger partial charge in [-0.05, 0) is 30.7 Å². The third-order valence-corrected chi connectivity index (χ3v) is 3.00. The van der Waals surface area contributed by atoms with Crippen molar-refractivity contribution < 1.29 is 14.6 Å². The lowest BCUT2D eigenvalue weighted by Crippen LogP contribution is -2.40. The number of carboxylic acids is 1. The van der Waals surface area contributed by atoms with E-state index in [1.165, 1.54) is 0 Å². The maximum absolute atomic E-state index is 10.7. The second-order valence-corrected chi connectivity index (χ2v) is 4.64. The monoisotopic (exact) mass is 266 g/mol. The number of likely N-dealkylation sites (N-methyl/N-ethyl adjacent to an activating group) is 1. The second kappa shape index (κ2) is 7.11. The number of hydrogen-bond acceptors (Lipinski definition) is 4. The molecule has 1 aromatic rings. The van der Waals surface area contributed by atoms with E-state index in [2.05, 4.69) is 13.0 Å². The van der Waals surface area contributed by atoms with Crippen molar-refractivity contribution in [3.8, 4) is 5.75 Å². The van der Waals surface area contributed by atoms with E-state index in [1.807, 2.05) is 24.1 Å². The molecule has 0 bridgehead atoms. The fourth-order valence-electron chi connectivity index (χ4n) is 2.00. The van der Waals surface area contributed by atoms with Gasteiger partial charge in [-0.3, -0.25) is 9.69 Å². The molecule has 106 valence electrons. The highest BCUT2D eigenvalue weighted by atomic mass is 16.5. The Morgan fingerprint density at radius 2 is 2.21 bits per heavy atom. The summed E-state index contributed by atoms with van der Waals surface area (Å²) in [5, 5.41) is 8.78. The number of hydrogen-bond donors (Lipinski definition) is 2. The molecule has 0 saturated carbocycles. The van der Waals surface area contributed by atoms with Gasteiger partial charge in [0.2, 0.25) is 0 Å². The highest BCUT2D eigenvalue weighted by Crippen LogP contribution is 2.20. The summed E-state index contributed by atoms with van der Waals surface area (Å²) >= 11 is 0. The van der Waals surface area contributed by atoms with Gasteiger partial charge >= 0.3 is 5.97 Å². The van der Waals surface area contributed by atoms with E-state index in [1.54, 1.807) is 7.11 Å². The van der Waals surface area contributed by atoms with Crippen LogP contribution in [0.25, 0.3) is 0 Å². The molecule has 3 N–H and O–H groups in total. The number of nitrogens with zero attached hydrogens (tertiary/aromatic N) is 1. The van der Waals surface area contributed by atoms with Gasteiger partial charge in [0.05, 0.1) is 7.11 Å². The van der Waals surface area contributed by atoms with Crippen molar-refractivity contribution in [1.29, 1.82) is 0 Å². The molecule has 0 amide bonds. The standard InChI is InChI=1S/C14H22N2O3/c1-4-11-7-10(5-6-13(11)19-3)8-16(2)9-12(15)14(17)18/h5-7,12H,4,8-9,15H2,1-3H3,(H,17,18). The quantitative estimate of drug-likeness (QED) is 0.773. The Kier molecular flexibility index (Phi) is 5.79. The summed E-state index contributed by atoms with van der Waals surface area (Å²) in [6, 6.07) is 5.16. The fraction of sp³-hybridized carbons (Fsp3) is 0.500. The summed E-state index contributed by atoms with van der Waals surface area (Å²) in [4.78, 5) is 12.6. The van der Waals surface area contributed by atoms with Crippen LogP contribution >= 0.6 is 0 Å². The molecule has 19 heavy (non-hydrogen) atoms. The summed E-state index contributed by atoms with van der Waals surface area (Å²) in [5.41, 5.74) is 7.78. The molecular weight excluding hydrogens is 244 g/mol. The average molecular weight is 266 g/mol. The van der Waals surface area contributed by atoms with Crippen LogP contribution in [0.5, 0.6) is 5.75 Å². The largest absolute Gasteiger partial charge is 0.496 e. The van der Waals surface area contributed by atoms with E-state index in [0.717, 1.165) is 23.3 Å². The minimum atomic E-state index is -0.976. The van der Waals surface area contributed by atoms with Gasteiger partial charge in [-0.25, -0.2) is 0 Å². The molecule has 1 atom stereocenters. The Hall–Kier alpha value is -1.59. The zero-order chi connectivity index (χ0) is 14.4. The van der Waals surface area contributed by atoms with Crippen LogP contribution in [0.15, 0.2) is 18.2 Å². The molecule has 0 aliphatic rings. The van der Waals surface area contributed by atoms with Crippen LogP contribution in [-0.2, 0) is 17.8 Å². The molecule has 0 heterocycles. The first-order valence-electron chi connectivity index (χ1n) is 6.30. The first-order valence-corrected chi connectivity index (χ1v) is 6.30. The third kappa shape index (κ3) is 4.54. The SMILES string of the molecule is CCc1cc(CN(C)CC(N)C(=O)O)ccc1OC. The molecule has 0 radical (unpaired) electrons. The Bertz CT molecular complexity index is 435. The van der Waals surface area contributed by atoms with Gasteiger partial charge in [0.1, 0.15) is 11.8 Å². The van der Waals surface area contributed by atoms with Crippen LogP contribution in [0.4, 0.5) is 0 Å². The lowest BCUT2D eigenvalue weighted by atomic mass is 10.1. The predicted octanol–water partition coefficient (Wildman–Crippen LogP) is 1.10. The van der Waals surface area contributed by atoms with E-state index in [-0.39, 0.29) is 0 Å². The van der Waals surface area contributed by atoms with Crippen molar-refractivity contribution in [3.05, 3.63) is 29.3 Å². The highest BCUT2D eigenvalue weighted by molar-refractivity contribution is 5.73. The number of carboxylic acid groups (broad SMARTS) is 1. The number of nitrogens with two attached hydrogens (primary N) is 1. The van der Waals surface area contributed by atoms with Gasteiger partial charge in [0.15, 0.2) is 0 Å². The average Bonchev–Trinajstić information content (AvgIpc) is 2.38. The lowest BCUT2D eigenvalue weighted by Gasteiger charge is -2.19. The summed E-state index contributed by atoms with van der Waals surface area (Å²) in [6.07, 6.45) is 0.898. The molecule has 1 aromatic carbocycles. The molecule has 5 heteroatoms. The number of aliphatic carboxylic acids is 1. The van der Waals surface area contributed by atoms with Crippen LogP contribution in [0.3, 0.4) is 0 Å². The second-order valence-electron chi connectivity index (χ2n) is 4.64. The van der Waals surface area contributed by atoms with Gasteiger partial charge in [-0.2, -0.15) is 0 Å². The summed E-state index contributed by atoms with van der Waals surface area (Å²) < 4.78 is 5.28. The van der Waals surface area contributed by atoms with E-state index in [4.69, 9.17) is 15.6 Å². The zero-order valence-electron chi connectivity index (χ0n) is 11.7. The molecule has 0 spiro atoms. The minimum Gasteiger partial charge on any atom is -0.496 e. The smallest absolute Gasteiger partial charge is 0.321 e. The molecule has 1 unspecified atom stereocenters. The highest BCUT2D eigenvalue weighted by Gasteiger charge is 2.14. The topological polar surface area (TPSA) is 75.8 Å². The maximum atomic E-state index is 10.7. The van der Waals surface area contributed by atoms with Crippen molar-refractivity contribution in [2.24, 2.45) is 5.73 Å². The third-order valence-electron chi connectivity index (χ3n) is 3.00. The van der Waals surface area contributed by atoms with Crippen LogP contribution in [-0.4, -0.2) is 42.7 Å². The van der Waals surface area contributed by atoms with Gasteiger partial charge in [0, 0.05) is 13.1 Å². The van der Waals surface area contributed by atoms with Gasteiger partial charge < -0.3 is 15.6 Å². The zero-order valence-corrected chi connectivity index (χ0v) is 11.7. The number of methoxy groups -OCH3 is 1. The molecule has 0 aromatic heterocycles. The van der Waals surface area contributed by atoms with Crippen LogP contribution in [0.1, 0.15) is 18.1 Å². The number of ether oxygens (including phenoxy) is 1. The molecule has 5 nitrogen and oxygen atoms in total. The van der Waals surface area contributed by atoms with E-state index in [9.17, 15) is 4.79 Å². The Balaban J connectivity index is 2.69. The van der Waals surface area contributed by atoms with Gasteiger partial charge in [0.25, 0.3) is 0 Å². The summed E-state index contributed by atoms with van der Waals surface area (Å²) in [7, 11) is 3.52. The van der Waals surface area contributed by atoms with Crippen molar-refractivity contribution in [2.45, 2.75) is 25.9 Å². The van der Waals surface area contributed by atoms with Gasteiger partial charge in [-0.15, -0.1) is 0 Å². The summed E-state index contributed by atoms with van der Waals surface area (Å²) in [6.45, 7) is 3.06. The molecule has 0 fully saturated rings. The van der Waals surface area contributed by atoms with E-state index in [0.29, 0.717) is 13.1 Å². The molecule has 1 rings (SSSR count). The Morgan fingerprint density at radius 1 is 1.53 bits per heavy atom. The molecule has 0 aliphatic heterocycles. The first-order chi connectivity index (χ1) is 8.97. The number of benzene rings is 1. The normalized spacial score (nSPS) is 12.5. The predicted molar refractivity (Wildman–Crippen MR) is 74.3 cm³/mol. The minimum absolute atomic E-state index is 0.322. The number of rotatable bonds is 7. The lowest BCUT2D eigenvalue weighted by molar-refractivity contribution is -0.138. The Morgan fingerprint density at radius 3 is 2.74 bits per heavy atom. The fourth-order valence-corrected chi connectivity index (χ4v) is 2.00. The van der Waals surface area contributed by atoms with Crippen molar-refractivity contribution in [3.63, 3.8) is 0 Å². The van der Waals surface area contributed by atoms with Crippen molar-refractivity contribution in [2.75, 3.05) is 20.7 Å². The van der Waals surface area contributed by atoms with E-state index >= 15 is 0 Å². The maximum Gasteiger partial charge on any atom is 0.321 e. The molecule has 0 aliphatic carbocycles. The number of aryl methyl sites for hydroxylation is 1. The van der Waals surface area contributed by atoms with Crippen LogP contribution < -0.4 is 10.5 Å². The molecule has 0 saturated heterocycles. The van der Waals surface area contributed by atoms with Crippen molar-refractivity contribution in [1.82, 2.24) is 4.90 Å².